The third-order valence-electron chi connectivity index (χ3n) is 2.91. The van der Waals surface area contributed by atoms with E-state index >= 15 is 0 Å². The van der Waals surface area contributed by atoms with Crippen LogP contribution in [0, 0.1) is 13.8 Å². The number of nitrogens with one attached hydrogen (secondary N) is 1. The number of thiazole rings is 1. The molecule has 3 N–H and O–H groups in total. The molecule has 0 spiro atoms. The number of nitrogens with two attached hydrogens (primary N) is 1. The Morgan fingerprint density at radius 2 is 2.05 bits per heavy atom. The molecule has 0 aliphatic carbocycles. The Morgan fingerprint density at radius 3 is 2.57 bits per heavy atom. The Balaban J connectivity index is 2.31. The number of nitrogens with zero attached hydrogens (tertiary/aromatic N) is 1. The summed E-state index contributed by atoms with van der Waals surface area (Å²) in [6, 6.07) is 3.95. The molecule has 0 saturated heterocycles. The summed E-state index contributed by atoms with van der Waals surface area (Å²) < 4.78 is 27.4. The lowest BCUT2D eigenvalue weighted by Crippen LogP contribution is -2.27. The third-order valence-corrected chi connectivity index (χ3v) is 6.19. The molecule has 2 aromatic rings. The summed E-state index contributed by atoms with van der Waals surface area (Å²) in [6.07, 6.45) is 0. The van der Waals surface area contributed by atoms with Crippen molar-refractivity contribution in [3.8, 4) is 0 Å². The largest absolute Gasteiger partial charge is 0.399 e. The number of aromatic nitrogens is 1. The highest BCUT2D eigenvalue weighted by atomic mass is 35.5. The predicted octanol–water partition coefficient (Wildman–Crippen LogP) is 3.04. The van der Waals surface area contributed by atoms with Gasteiger partial charge in [-0.15, -0.1) is 11.3 Å². The number of aryl methyl sites for hydroxylation is 2. The van der Waals surface area contributed by atoms with Crippen LogP contribution in [0.15, 0.2) is 23.1 Å². The summed E-state index contributed by atoms with van der Waals surface area (Å²) in [7, 11) is -3.72. The summed E-state index contributed by atoms with van der Waals surface area (Å²) >= 11 is 7.44. The van der Waals surface area contributed by atoms with Crippen LogP contribution in [0.2, 0.25) is 5.02 Å². The zero-order valence-corrected chi connectivity index (χ0v) is 14.2. The smallest absolute Gasteiger partial charge is 0.242 e. The molecule has 114 valence electrons. The fraction of sp³-hybridized carbons (Fsp3) is 0.308. The number of benzene rings is 1. The van der Waals surface area contributed by atoms with Crippen molar-refractivity contribution >= 4 is 38.6 Å². The molecule has 5 nitrogen and oxygen atoms in total. The Labute approximate surface area is 133 Å². The van der Waals surface area contributed by atoms with Crippen molar-refractivity contribution in [3.63, 3.8) is 0 Å². The minimum atomic E-state index is -3.72. The number of hydrogen-bond acceptors (Lipinski definition) is 5. The number of sulfonamides is 1. The van der Waals surface area contributed by atoms with E-state index in [1.165, 1.54) is 29.5 Å². The van der Waals surface area contributed by atoms with Crippen molar-refractivity contribution in [3.05, 3.63) is 38.8 Å². The zero-order chi connectivity index (χ0) is 15.8. The summed E-state index contributed by atoms with van der Waals surface area (Å²) in [5, 5.41) is 1.01. The van der Waals surface area contributed by atoms with Gasteiger partial charge in [0.05, 0.1) is 21.8 Å². The second kappa shape index (κ2) is 5.92. The van der Waals surface area contributed by atoms with Gasteiger partial charge in [-0.2, -0.15) is 0 Å². The van der Waals surface area contributed by atoms with Crippen LogP contribution in [-0.2, 0) is 10.0 Å². The molecule has 21 heavy (non-hydrogen) atoms. The van der Waals surface area contributed by atoms with Gasteiger partial charge in [0.2, 0.25) is 10.0 Å². The second-order valence-corrected chi connectivity index (χ2v) is 8.04. The monoisotopic (exact) mass is 345 g/mol. The van der Waals surface area contributed by atoms with E-state index in [1.54, 1.807) is 6.92 Å². The van der Waals surface area contributed by atoms with Gasteiger partial charge in [0.15, 0.2) is 0 Å². The van der Waals surface area contributed by atoms with Gasteiger partial charge in [-0.3, -0.25) is 0 Å². The van der Waals surface area contributed by atoms with Crippen LogP contribution in [-0.4, -0.2) is 13.4 Å². The van der Waals surface area contributed by atoms with Gasteiger partial charge < -0.3 is 5.73 Å². The molecule has 0 amide bonds. The average molecular weight is 346 g/mol. The van der Waals surface area contributed by atoms with Gasteiger partial charge >= 0.3 is 0 Å². The van der Waals surface area contributed by atoms with Crippen molar-refractivity contribution < 1.29 is 8.42 Å². The van der Waals surface area contributed by atoms with Crippen molar-refractivity contribution in [2.45, 2.75) is 31.7 Å². The van der Waals surface area contributed by atoms with Crippen molar-refractivity contribution in [1.29, 1.82) is 0 Å². The number of hydrogen-bond donors (Lipinski definition) is 2. The van der Waals surface area contributed by atoms with Crippen LogP contribution in [0.3, 0.4) is 0 Å². The first-order valence-corrected chi connectivity index (χ1v) is 8.90. The number of anilines is 1. The summed E-state index contributed by atoms with van der Waals surface area (Å²) in [6.45, 7) is 5.53. The summed E-state index contributed by atoms with van der Waals surface area (Å²) in [4.78, 5) is 5.21. The van der Waals surface area contributed by atoms with E-state index in [9.17, 15) is 8.42 Å². The van der Waals surface area contributed by atoms with Gasteiger partial charge in [-0.25, -0.2) is 18.1 Å². The Morgan fingerprint density at radius 1 is 1.38 bits per heavy atom. The highest BCUT2D eigenvalue weighted by Crippen LogP contribution is 2.28. The fourth-order valence-corrected chi connectivity index (χ4v) is 4.80. The maximum atomic E-state index is 12.4. The average Bonchev–Trinajstić information content (AvgIpc) is 2.67. The quantitative estimate of drug-likeness (QED) is 0.834. The number of halogens is 1. The van der Waals surface area contributed by atoms with Crippen LogP contribution < -0.4 is 10.5 Å². The predicted molar refractivity (Wildman–Crippen MR) is 86.2 cm³/mol. The van der Waals surface area contributed by atoms with Crippen LogP contribution in [0.1, 0.15) is 28.5 Å². The molecule has 0 aliphatic rings. The van der Waals surface area contributed by atoms with Crippen molar-refractivity contribution in [2.75, 3.05) is 5.73 Å². The topological polar surface area (TPSA) is 85.1 Å². The number of nitrogen functional groups attached to an aromatic ring is 1. The van der Waals surface area contributed by atoms with E-state index < -0.39 is 10.0 Å². The molecular formula is C13H16ClN3O2S2. The molecule has 1 unspecified atom stereocenters. The maximum Gasteiger partial charge on any atom is 0.242 e. The van der Waals surface area contributed by atoms with E-state index in [1.807, 2.05) is 13.8 Å². The maximum absolute atomic E-state index is 12.4. The van der Waals surface area contributed by atoms with Crippen molar-refractivity contribution in [1.82, 2.24) is 9.71 Å². The van der Waals surface area contributed by atoms with Gasteiger partial charge in [-0.05, 0) is 39.0 Å². The van der Waals surface area contributed by atoms with E-state index in [2.05, 4.69) is 9.71 Å². The molecule has 0 aliphatic heterocycles. The molecule has 0 fully saturated rings. The molecule has 1 atom stereocenters. The molecule has 1 aromatic heterocycles. The second-order valence-electron chi connectivity index (χ2n) is 4.72. The summed E-state index contributed by atoms with van der Waals surface area (Å²) in [5.41, 5.74) is 6.83. The molecular weight excluding hydrogens is 330 g/mol. The first-order chi connectivity index (χ1) is 9.70. The molecule has 1 heterocycles. The minimum Gasteiger partial charge on any atom is -0.399 e. The minimum absolute atomic E-state index is 0.0177. The Hall–Kier alpha value is -1.15. The van der Waals surface area contributed by atoms with Crippen molar-refractivity contribution in [2.24, 2.45) is 0 Å². The van der Waals surface area contributed by atoms with Crippen LogP contribution in [0.4, 0.5) is 5.69 Å². The SMILES string of the molecule is Cc1nc(C)c(C(C)NS(=O)(=O)c2ccc(N)cc2Cl)s1. The Bertz CT molecular complexity index is 772. The first kappa shape index (κ1) is 16.2. The highest BCUT2D eigenvalue weighted by molar-refractivity contribution is 7.89. The lowest BCUT2D eigenvalue weighted by atomic mass is 10.2. The normalized spacial score (nSPS) is 13.3. The highest BCUT2D eigenvalue weighted by Gasteiger charge is 2.23. The van der Waals surface area contributed by atoms with E-state index in [0.717, 1.165) is 15.6 Å². The van der Waals surface area contributed by atoms with Crippen LogP contribution >= 0.6 is 22.9 Å². The van der Waals surface area contributed by atoms with Gasteiger partial charge in [0.1, 0.15) is 4.90 Å². The van der Waals surface area contributed by atoms with Gasteiger partial charge in [-0.1, -0.05) is 11.6 Å². The molecule has 0 radical (unpaired) electrons. The zero-order valence-electron chi connectivity index (χ0n) is 11.8. The number of rotatable bonds is 4. The molecule has 0 bridgehead atoms. The van der Waals surface area contributed by atoms with Gasteiger partial charge in [0.25, 0.3) is 0 Å². The molecule has 1 aromatic carbocycles. The summed E-state index contributed by atoms with van der Waals surface area (Å²) in [5.74, 6) is 0. The van der Waals surface area contributed by atoms with Gasteiger partial charge in [0, 0.05) is 10.6 Å². The van der Waals surface area contributed by atoms with E-state index in [0.29, 0.717) is 5.69 Å². The van der Waals surface area contributed by atoms with E-state index in [-0.39, 0.29) is 16.0 Å². The lowest BCUT2D eigenvalue weighted by Gasteiger charge is -2.14. The third kappa shape index (κ3) is 3.55. The molecule has 0 saturated carbocycles. The van der Waals surface area contributed by atoms with Crippen LogP contribution in [0.25, 0.3) is 0 Å². The standard InChI is InChI=1S/C13H16ClN3O2S2/c1-7-13(20-9(3)16-7)8(2)17-21(18,19)12-5-4-10(15)6-11(12)14/h4-6,8,17H,15H2,1-3H3. The lowest BCUT2D eigenvalue weighted by molar-refractivity contribution is 0.568. The Kier molecular flexibility index (Phi) is 4.57. The van der Waals surface area contributed by atoms with Crippen LogP contribution in [0.5, 0.6) is 0 Å². The fourth-order valence-electron chi connectivity index (χ4n) is 2.03. The first-order valence-electron chi connectivity index (χ1n) is 6.22. The molecule has 2 rings (SSSR count). The van der Waals surface area contributed by atoms with E-state index in [4.69, 9.17) is 17.3 Å². The molecule has 8 heteroatoms.